The molecule has 1 fully saturated rings. The fraction of sp³-hybridized carbons (Fsp3) is 0.867. The summed E-state index contributed by atoms with van der Waals surface area (Å²) in [5, 5.41) is 11.9. The standard InChI is InChI=1S/C15H28N4O/c1-15(2,12-17)6-4-10-19-9-3-5-13(11-19)14(20)18-8-7-16/h13H,3-11,16H2,1-2H3,(H,18,20). The first-order valence-corrected chi connectivity index (χ1v) is 7.60. The van der Waals surface area contributed by atoms with Crippen LogP contribution in [-0.4, -0.2) is 43.5 Å². The fourth-order valence-electron chi connectivity index (χ4n) is 2.61. The number of amides is 1. The monoisotopic (exact) mass is 280 g/mol. The Kier molecular flexibility index (Phi) is 6.97. The highest BCUT2D eigenvalue weighted by atomic mass is 16.1. The average Bonchev–Trinajstić information content (AvgIpc) is 2.45. The summed E-state index contributed by atoms with van der Waals surface area (Å²) in [4.78, 5) is 14.3. The van der Waals surface area contributed by atoms with Crippen molar-refractivity contribution in [2.24, 2.45) is 17.1 Å². The molecule has 1 aliphatic rings. The van der Waals surface area contributed by atoms with Crippen LogP contribution in [0.5, 0.6) is 0 Å². The summed E-state index contributed by atoms with van der Waals surface area (Å²) in [6.07, 6.45) is 3.96. The molecule has 0 aromatic heterocycles. The third-order valence-electron chi connectivity index (χ3n) is 3.90. The molecule has 1 aliphatic heterocycles. The highest BCUT2D eigenvalue weighted by Gasteiger charge is 2.25. The van der Waals surface area contributed by atoms with E-state index in [1.165, 1.54) is 0 Å². The van der Waals surface area contributed by atoms with Crippen molar-refractivity contribution in [1.29, 1.82) is 5.26 Å². The van der Waals surface area contributed by atoms with Gasteiger partial charge < -0.3 is 16.0 Å². The number of carbonyl (C=O) groups is 1. The lowest BCUT2D eigenvalue weighted by atomic mass is 9.89. The Morgan fingerprint density at radius 2 is 2.30 bits per heavy atom. The summed E-state index contributed by atoms with van der Waals surface area (Å²) in [6, 6.07) is 2.33. The summed E-state index contributed by atoms with van der Waals surface area (Å²) >= 11 is 0. The van der Waals surface area contributed by atoms with E-state index in [1.807, 2.05) is 13.8 Å². The predicted molar refractivity (Wildman–Crippen MR) is 79.9 cm³/mol. The lowest BCUT2D eigenvalue weighted by Gasteiger charge is -2.32. The predicted octanol–water partition coefficient (Wildman–Crippen LogP) is 1.10. The van der Waals surface area contributed by atoms with Crippen LogP contribution in [0.25, 0.3) is 0 Å². The SMILES string of the molecule is CC(C)(C#N)CCCN1CCCC(C(=O)NCCN)C1. The Bertz CT molecular complexity index is 348. The maximum absolute atomic E-state index is 11.9. The molecule has 1 atom stereocenters. The van der Waals surface area contributed by atoms with Gasteiger partial charge in [-0.3, -0.25) is 4.79 Å². The smallest absolute Gasteiger partial charge is 0.224 e. The van der Waals surface area contributed by atoms with E-state index < -0.39 is 0 Å². The van der Waals surface area contributed by atoms with Crippen molar-refractivity contribution in [2.45, 2.75) is 39.5 Å². The average molecular weight is 280 g/mol. The van der Waals surface area contributed by atoms with Crippen LogP contribution >= 0.6 is 0 Å². The van der Waals surface area contributed by atoms with Crippen molar-refractivity contribution < 1.29 is 4.79 Å². The van der Waals surface area contributed by atoms with Crippen LogP contribution in [0.15, 0.2) is 0 Å². The number of nitrogens with zero attached hydrogens (tertiary/aromatic N) is 2. The van der Waals surface area contributed by atoms with Crippen LogP contribution in [-0.2, 0) is 4.79 Å². The molecule has 5 nitrogen and oxygen atoms in total. The number of hydrogen-bond donors (Lipinski definition) is 2. The number of piperidine rings is 1. The number of rotatable bonds is 7. The zero-order valence-electron chi connectivity index (χ0n) is 12.8. The summed E-state index contributed by atoms with van der Waals surface area (Å²) in [5.74, 6) is 0.233. The van der Waals surface area contributed by atoms with Gasteiger partial charge in [0.05, 0.1) is 17.4 Å². The van der Waals surface area contributed by atoms with Gasteiger partial charge in [0.25, 0.3) is 0 Å². The molecule has 3 N–H and O–H groups in total. The Morgan fingerprint density at radius 3 is 2.95 bits per heavy atom. The zero-order chi connectivity index (χ0) is 15.0. The van der Waals surface area contributed by atoms with Crippen molar-refractivity contribution in [3.05, 3.63) is 0 Å². The molecule has 0 aromatic rings. The van der Waals surface area contributed by atoms with Gasteiger partial charge in [-0.1, -0.05) is 0 Å². The third-order valence-corrected chi connectivity index (χ3v) is 3.90. The normalized spacial score (nSPS) is 20.4. The van der Waals surface area contributed by atoms with Gasteiger partial charge >= 0.3 is 0 Å². The molecule has 0 radical (unpaired) electrons. The second-order valence-electron chi connectivity index (χ2n) is 6.32. The molecule has 0 aliphatic carbocycles. The molecule has 1 unspecified atom stereocenters. The molecule has 1 saturated heterocycles. The molecule has 5 heteroatoms. The van der Waals surface area contributed by atoms with E-state index in [9.17, 15) is 4.79 Å². The molecule has 0 saturated carbocycles. The van der Waals surface area contributed by atoms with E-state index in [4.69, 9.17) is 11.0 Å². The van der Waals surface area contributed by atoms with Crippen molar-refractivity contribution >= 4 is 5.91 Å². The van der Waals surface area contributed by atoms with E-state index in [2.05, 4.69) is 16.3 Å². The van der Waals surface area contributed by atoms with Crippen LogP contribution < -0.4 is 11.1 Å². The minimum Gasteiger partial charge on any atom is -0.355 e. The lowest BCUT2D eigenvalue weighted by molar-refractivity contribution is -0.126. The molecule has 1 heterocycles. The van der Waals surface area contributed by atoms with Gasteiger partial charge in [-0.15, -0.1) is 0 Å². The molecule has 0 aromatic carbocycles. The lowest BCUT2D eigenvalue weighted by Crippen LogP contribution is -2.44. The summed E-state index contributed by atoms with van der Waals surface area (Å²) < 4.78 is 0. The Labute approximate surface area is 122 Å². The second-order valence-corrected chi connectivity index (χ2v) is 6.32. The number of likely N-dealkylation sites (tertiary alicyclic amines) is 1. The van der Waals surface area contributed by atoms with E-state index in [-0.39, 0.29) is 17.2 Å². The number of nitrogens with two attached hydrogens (primary N) is 1. The molecular formula is C15H28N4O. The summed E-state index contributed by atoms with van der Waals surface area (Å²) in [6.45, 7) is 7.89. The van der Waals surface area contributed by atoms with Gasteiger partial charge in [-0.05, 0) is 52.6 Å². The number of carbonyl (C=O) groups excluding carboxylic acids is 1. The minimum absolute atomic E-state index is 0.0966. The molecule has 20 heavy (non-hydrogen) atoms. The summed E-state index contributed by atoms with van der Waals surface area (Å²) in [5.41, 5.74) is 5.16. The highest BCUT2D eigenvalue weighted by molar-refractivity contribution is 5.78. The quantitative estimate of drug-likeness (QED) is 0.731. The summed E-state index contributed by atoms with van der Waals surface area (Å²) in [7, 11) is 0. The van der Waals surface area contributed by atoms with E-state index in [0.29, 0.717) is 13.1 Å². The highest BCUT2D eigenvalue weighted by Crippen LogP contribution is 2.22. The molecule has 1 rings (SSSR count). The van der Waals surface area contributed by atoms with Gasteiger partial charge in [-0.2, -0.15) is 5.26 Å². The number of nitriles is 1. The number of nitrogens with one attached hydrogen (secondary N) is 1. The van der Waals surface area contributed by atoms with Crippen molar-refractivity contribution in [1.82, 2.24) is 10.2 Å². The maximum atomic E-state index is 11.9. The number of hydrogen-bond acceptors (Lipinski definition) is 4. The van der Waals surface area contributed by atoms with Crippen LogP contribution in [0.3, 0.4) is 0 Å². The van der Waals surface area contributed by atoms with Gasteiger partial charge in [0.2, 0.25) is 5.91 Å². The Morgan fingerprint density at radius 1 is 1.55 bits per heavy atom. The van der Waals surface area contributed by atoms with Gasteiger partial charge in [0, 0.05) is 19.6 Å². The first-order chi connectivity index (χ1) is 9.48. The molecule has 0 spiro atoms. The van der Waals surface area contributed by atoms with Crippen LogP contribution in [0.2, 0.25) is 0 Å². The van der Waals surface area contributed by atoms with Gasteiger partial charge in [-0.25, -0.2) is 0 Å². The molecule has 1 amide bonds. The minimum atomic E-state index is -0.242. The van der Waals surface area contributed by atoms with E-state index >= 15 is 0 Å². The van der Waals surface area contributed by atoms with E-state index in [1.54, 1.807) is 0 Å². The van der Waals surface area contributed by atoms with Crippen LogP contribution in [0.1, 0.15) is 39.5 Å². The van der Waals surface area contributed by atoms with E-state index in [0.717, 1.165) is 45.3 Å². The fourth-order valence-corrected chi connectivity index (χ4v) is 2.61. The van der Waals surface area contributed by atoms with Crippen molar-refractivity contribution in [2.75, 3.05) is 32.7 Å². The largest absolute Gasteiger partial charge is 0.355 e. The maximum Gasteiger partial charge on any atom is 0.224 e. The first kappa shape index (κ1) is 16.9. The Hall–Kier alpha value is -1.12. The van der Waals surface area contributed by atoms with Gasteiger partial charge in [0.15, 0.2) is 0 Å². The first-order valence-electron chi connectivity index (χ1n) is 7.60. The molecule has 114 valence electrons. The second kappa shape index (κ2) is 8.23. The molecule has 0 bridgehead atoms. The molecular weight excluding hydrogens is 252 g/mol. The topological polar surface area (TPSA) is 82.2 Å². The van der Waals surface area contributed by atoms with Crippen molar-refractivity contribution in [3.8, 4) is 6.07 Å². The zero-order valence-corrected chi connectivity index (χ0v) is 12.8. The third kappa shape index (κ3) is 5.89. The van der Waals surface area contributed by atoms with Gasteiger partial charge in [0.1, 0.15) is 0 Å². The van der Waals surface area contributed by atoms with Crippen molar-refractivity contribution in [3.63, 3.8) is 0 Å². The van der Waals surface area contributed by atoms with Crippen LogP contribution in [0, 0.1) is 22.7 Å². The van der Waals surface area contributed by atoms with Crippen LogP contribution in [0.4, 0.5) is 0 Å². The Balaban J connectivity index is 2.31.